The van der Waals surface area contributed by atoms with Crippen molar-refractivity contribution in [1.82, 2.24) is 0 Å². The minimum atomic E-state index is -1.91. The largest absolute Gasteiger partial charge is 0.454 e. The number of amides is 1. The molecule has 9 nitrogen and oxygen atoms in total. The van der Waals surface area contributed by atoms with Crippen molar-refractivity contribution in [2.45, 2.75) is 17.4 Å². The predicted molar refractivity (Wildman–Crippen MR) is 129 cm³/mol. The summed E-state index contributed by atoms with van der Waals surface area (Å²) in [4.78, 5) is 41.2. The molecule has 0 aromatic heterocycles. The molecule has 0 saturated carbocycles. The Morgan fingerprint density at radius 2 is 1.76 bits per heavy atom. The second kappa shape index (κ2) is 7.55. The van der Waals surface area contributed by atoms with Crippen LogP contribution in [0.1, 0.15) is 27.6 Å². The van der Waals surface area contributed by atoms with E-state index in [0.717, 1.165) is 0 Å². The Bertz CT molecular complexity index is 1510. The summed E-state index contributed by atoms with van der Waals surface area (Å²) in [6.07, 6.45) is -0.981. The zero-order valence-electron chi connectivity index (χ0n) is 19.1. The Morgan fingerprint density at radius 1 is 1.00 bits per heavy atom. The van der Waals surface area contributed by atoms with Crippen LogP contribution in [-0.2, 0) is 24.8 Å². The number of hydrogen-bond donors (Lipinski definition) is 2. The van der Waals surface area contributed by atoms with Crippen LogP contribution in [0.15, 0.2) is 66.7 Å². The van der Waals surface area contributed by atoms with Gasteiger partial charge in [0.15, 0.2) is 11.5 Å². The first-order valence-electron chi connectivity index (χ1n) is 11.6. The van der Waals surface area contributed by atoms with Gasteiger partial charge in [0.25, 0.3) is 0 Å². The van der Waals surface area contributed by atoms with Crippen LogP contribution in [0.5, 0.6) is 11.5 Å². The minimum absolute atomic E-state index is 0.0829. The van der Waals surface area contributed by atoms with Gasteiger partial charge in [-0.15, -0.1) is 0 Å². The molecular weight excluding hydrogens is 500 g/mol. The summed E-state index contributed by atoms with van der Waals surface area (Å²) in [5.41, 5.74) is 4.56. The van der Waals surface area contributed by atoms with Gasteiger partial charge in [-0.05, 0) is 29.8 Å². The van der Waals surface area contributed by atoms with Gasteiger partial charge in [-0.1, -0.05) is 48.0 Å². The summed E-state index contributed by atoms with van der Waals surface area (Å²) in [6.45, 7) is 0.0829. The normalized spacial score (nSPS) is 30.5. The van der Waals surface area contributed by atoms with Gasteiger partial charge >= 0.3 is 5.97 Å². The number of benzene rings is 3. The zero-order chi connectivity index (χ0) is 25.5. The van der Waals surface area contributed by atoms with Crippen molar-refractivity contribution >= 4 is 34.9 Å². The first-order valence-corrected chi connectivity index (χ1v) is 12.0. The van der Waals surface area contributed by atoms with Gasteiger partial charge in [0.1, 0.15) is 5.92 Å². The topological polar surface area (TPSA) is 126 Å². The molecule has 3 heterocycles. The minimum Gasteiger partial charge on any atom is -0.454 e. The van der Waals surface area contributed by atoms with Crippen LogP contribution >= 0.6 is 11.6 Å². The van der Waals surface area contributed by atoms with Gasteiger partial charge in [0.2, 0.25) is 29.8 Å². The van der Waals surface area contributed by atoms with Crippen molar-refractivity contribution < 1.29 is 33.3 Å². The fourth-order valence-electron chi connectivity index (χ4n) is 5.94. The highest BCUT2D eigenvalue weighted by atomic mass is 35.5. The molecule has 4 aliphatic rings. The number of carbonyl (C=O) groups is 3. The van der Waals surface area contributed by atoms with Crippen molar-refractivity contribution in [3.05, 3.63) is 88.4 Å². The lowest BCUT2D eigenvalue weighted by molar-refractivity contribution is -0.166. The molecule has 2 saturated heterocycles. The van der Waals surface area contributed by atoms with Crippen molar-refractivity contribution in [2.75, 3.05) is 12.1 Å². The van der Waals surface area contributed by atoms with E-state index < -0.39 is 46.9 Å². The Balaban J connectivity index is 1.35. The predicted octanol–water partition coefficient (Wildman–Crippen LogP) is 3.31. The van der Waals surface area contributed by atoms with E-state index in [0.29, 0.717) is 38.9 Å². The molecule has 10 heteroatoms. The molecule has 1 amide bonds. The molecule has 3 aliphatic heterocycles. The molecular formula is C27H19ClN2O7. The number of nitrogens with one attached hydrogen (secondary N) is 1. The van der Waals surface area contributed by atoms with Crippen molar-refractivity contribution in [1.29, 1.82) is 0 Å². The van der Waals surface area contributed by atoms with E-state index in [2.05, 4.69) is 5.32 Å². The van der Waals surface area contributed by atoms with E-state index in [9.17, 15) is 14.4 Å². The highest BCUT2D eigenvalue weighted by molar-refractivity contribution is 6.30. The quantitative estimate of drug-likeness (QED) is 0.506. The monoisotopic (exact) mass is 518 g/mol. The van der Waals surface area contributed by atoms with Crippen molar-refractivity contribution in [2.24, 2.45) is 17.6 Å². The SMILES string of the molecule is NC12OC(=O)[C@H]3[C@@H](C(=O)Nc4ccc5c(c4)OCO5)[C@@H](c4ccc(Cl)cc4)OC31C(=O)c1ccccc12. The first kappa shape index (κ1) is 22.3. The molecule has 7 rings (SSSR count). The molecule has 5 atom stereocenters. The fourth-order valence-corrected chi connectivity index (χ4v) is 6.07. The van der Waals surface area contributed by atoms with Crippen molar-refractivity contribution in [3.8, 4) is 11.5 Å². The van der Waals surface area contributed by atoms with Gasteiger partial charge in [-0.3, -0.25) is 20.1 Å². The molecule has 3 aromatic carbocycles. The van der Waals surface area contributed by atoms with Crippen LogP contribution in [0.4, 0.5) is 5.69 Å². The van der Waals surface area contributed by atoms with Gasteiger partial charge in [0.05, 0.1) is 12.0 Å². The number of hydrogen-bond acceptors (Lipinski definition) is 8. The molecule has 3 aromatic rings. The third-order valence-electron chi connectivity index (χ3n) is 7.55. The summed E-state index contributed by atoms with van der Waals surface area (Å²) in [5.74, 6) is -3.18. The van der Waals surface area contributed by atoms with Crippen LogP contribution in [0, 0.1) is 11.8 Å². The molecule has 0 bridgehead atoms. The van der Waals surface area contributed by atoms with Gasteiger partial charge in [-0.2, -0.15) is 0 Å². The third kappa shape index (κ3) is 2.84. The molecule has 37 heavy (non-hydrogen) atoms. The lowest BCUT2D eigenvalue weighted by Crippen LogP contribution is -2.57. The average molecular weight is 519 g/mol. The first-order chi connectivity index (χ1) is 17.8. The molecule has 2 fully saturated rings. The van der Waals surface area contributed by atoms with E-state index in [1.54, 1.807) is 66.7 Å². The molecule has 2 unspecified atom stereocenters. The average Bonchev–Trinajstić information content (AvgIpc) is 3.60. The third-order valence-corrected chi connectivity index (χ3v) is 7.81. The Labute approximate surface area is 215 Å². The number of ether oxygens (including phenoxy) is 4. The van der Waals surface area contributed by atoms with E-state index in [4.69, 9.17) is 36.3 Å². The molecule has 1 spiro atoms. The standard InChI is InChI=1S/C27H19ClN2O7/c28-14-7-5-13(6-8-14)22-20(24(32)30-15-9-10-18-19(11-15)35-12-34-18)21-25(33)37-27(29)17-4-2-1-3-16(17)23(31)26(21,27)36-22/h1-11,20-22H,12,29H2,(H,30,32)/t20-,21-,22-,26?,27?/m1/s1. The number of nitrogens with two attached hydrogens (primary N) is 1. The lowest BCUT2D eigenvalue weighted by atomic mass is 9.74. The molecule has 1 aliphatic carbocycles. The highest BCUT2D eigenvalue weighted by Gasteiger charge is 2.81. The van der Waals surface area contributed by atoms with Gasteiger partial charge < -0.3 is 24.3 Å². The second-order valence-electron chi connectivity index (χ2n) is 9.42. The number of carbonyl (C=O) groups excluding carboxylic acids is 3. The van der Waals surface area contributed by atoms with Crippen LogP contribution in [0.2, 0.25) is 5.02 Å². The maximum Gasteiger partial charge on any atom is 0.315 e. The molecule has 3 N–H and O–H groups in total. The van der Waals surface area contributed by atoms with Crippen LogP contribution in [0.3, 0.4) is 0 Å². The van der Waals surface area contributed by atoms with Crippen molar-refractivity contribution in [3.63, 3.8) is 0 Å². The van der Waals surface area contributed by atoms with E-state index in [-0.39, 0.29) is 6.79 Å². The van der Waals surface area contributed by atoms with Gasteiger partial charge in [-0.25, -0.2) is 0 Å². The zero-order valence-corrected chi connectivity index (χ0v) is 19.9. The Morgan fingerprint density at radius 3 is 2.57 bits per heavy atom. The summed E-state index contributed by atoms with van der Waals surface area (Å²) in [6, 6.07) is 18.3. The Kier molecular flexibility index (Phi) is 4.55. The summed E-state index contributed by atoms with van der Waals surface area (Å²) < 4.78 is 22.9. The number of fused-ring (bicyclic) bond motifs is 3. The van der Waals surface area contributed by atoms with Gasteiger partial charge in [0, 0.05) is 27.9 Å². The second-order valence-corrected chi connectivity index (χ2v) is 9.85. The summed E-state index contributed by atoms with van der Waals surface area (Å²) in [5, 5.41) is 3.33. The highest BCUT2D eigenvalue weighted by Crippen LogP contribution is 2.64. The van der Waals surface area contributed by atoms with Crippen LogP contribution in [0.25, 0.3) is 0 Å². The van der Waals surface area contributed by atoms with Crippen LogP contribution in [-0.4, -0.2) is 30.1 Å². The van der Waals surface area contributed by atoms with E-state index in [1.165, 1.54) is 0 Å². The fraction of sp³-hybridized carbons (Fsp3) is 0.222. The van der Waals surface area contributed by atoms with E-state index >= 15 is 0 Å². The number of anilines is 1. The smallest absolute Gasteiger partial charge is 0.315 e. The number of ketones is 1. The maximum atomic E-state index is 13.9. The molecule has 0 radical (unpaired) electrons. The Hall–Kier alpha value is -3.92. The molecule has 186 valence electrons. The lowest BCUT2D eigenvalue weighted by Gasteiger charge is -2.33. The number of halogens is 1. The van der Waals surface area contributed by atoms with Crippen LogP contribution < -0.4 is 20.5 Å². The summed E-state index contributed by atoms with van der Waals surface area (Å²) in [7, 11) is 0. The van der Waals surface area contributed by atoms with E-state index in [1.807, 2.05) is 0 Å². The number of Topliss-reactive ketones (excluding diaryl/α,β-unsaturated/α-hetero) is 1. The number of esters is 1. The maximum absolute atomic E-state index is 13.9. The number of rotatable bonds is 3. The summed E-state index contributed by atoms with van der Waals surface area (Å²) >= 11 is 6.09.